The summed E-state index contributed by atoms with van der Waals surface area (Å²) in [4.78, 5) is 12.9. The van der Waals surface area contributed by atoms with Crippen LogP contribution < -0.4 is 0 Å². The van der Waals surface area contributed by atoms with Gasteiger partial charge in [0.2, 0.25) is 0 Å². The Kier molecular flexibility index (Phi) is 38.9. The Balaban J connectivity index is 8.45. The number of esters is 1. The predicted octanol–water partition coefficient (Wildman–Crippen LogP) is -14.1. The molecule has 0 aromatic rings. The van der Waals surface area contributed by atoms with Crippen molar-refractivity contribution < 1.29 is 163 Å². The Morgan fingerprint density at radius 1 is 0.287 bits per heavy atom. The highest BCUT2D eigenvalue weighted by Gasteiger charge is 2.54. The highest BCUT2D eigenvalue weighted by atomic mass is 16.6. The van der Waals surface area contributed by atoms with Gasteiger partial charge in [-0.1, -0.05) is 0 Å². The van der Waals surface area contributed by atoms with Gasteiger partial charge in [-0.2, -0.15) is 0 Å². The normalized spacial score (nSPS) is 23.2. The van der Waals surface area contributed by atoms with Crippen LogP contribution in [0.3, 0.4) is 0 Å². The van der Waals surface area contributed by atoms with Gasteiger partial charge in [0.05, 0.1) is 133 Å². The third kappa shape index (κ3) is 24.7. The number of aliphatic hydroxyl groups is 30. The zero-order valence-electron chi connectivity index (χ0n) is 44.4. The first-order chi connectivity index (χ1) is 37.4. The number of carbonyl (C=O) groups is 1. The maximum Gasteiger partial charge on any atom is 0.341 e. The number of carbonyl (C=O) groups excluding carboxylic acids is 1. The quantitative estimate of drug-likeness (QED) is 0.0252. The van der Waals surface area contributed by atoms with Crippen LogP contribution in [-0.4, -0.2) is 353 Å². The molecule has 30 N–H and O–H groups in total. The third-order valence-electron chi connectivity index (χ3n) is 14.9. The smallest absolute Gasteiger partial charge is 0.341 e. The van der Waals surface area contributed by atoms with Crippen molar-refractivity contribution in [2.24, 2.45) is 41.4 Å². The maximum atomic E-state index is 12.9. The minimum absolute atomic E-state index is 0.639. The second-order valence-corrected chi connectivity index (χ2v) is 21.1. The molecular weight excluding hydrogens is 1090 g/mol. The summed E-state index contributed by atoms with van der Waals surface area (Å²) in [6.45, 7) is -11.8. The monoisotopic (exact) mass is 1180 g/mol. The first-order valence-electron chi connectivity index (χ1n) is 26.3. The lowest BCUT2D eigenvalue weighted by molar-refractivity contribution is -0.218. The van der Waals surface area contributed by atoms with Crippen molar-refractivity contribution in [1.29, 1.82) is 0 Å². The van der Waals surface area contributed by atoms with Gasteiger partial charge < -0.3 is 158 Å². The zero-order valence-corrected chi connectivity index (χ0v) is 44.4. The molecule has 0 bridgehead atoms. The molecule has 0 fully saturated rings. The molecule has 0 aliphatic carbocycles. The summed E-state index contributed by atoms with van der Waals surface area (Å²) in [7, 11) is 0. The Morgan fingerprint density at radius 2 is 0.525 bits per heavy atom. The molecule has 0 saturated heterocycles. The van der Waals surface area contributed by atoms with E-state index in [1.54, 1.807) is 0 Å². The van der Waals surface area contributed by atoms with Crippen molar-refractivity contribution in [1.82, 2.24) is 0 Å². The van der Waals surface area contributed by atoms with Crippen molar-refractivity contribution in [3.8, 4) is 0 Å². The zero-order chi connectivity index (χ0) is 61.9. The summed E-state index contributed by atoms with van der Waals surface area (Å²) in [5.41, 5.74) is -3.55. The molecule has 0 aliphatic heterocycles. The van der Waals surface area contributed by atoms with Crippen LogP contribution in [-0.2, 0) is 9.53 Å². The first-order valence-corrected chi connectivity index (χ1v) is 26.3. The number of hydrogen-bond acceptors (Lipinski definition) is 32. The van der Waals surface area contributed by atoms with E-state index in [2.05, 4.69) is 4.74 Å². The second kappa shape index (κ2) is 39.8. The number of aliphatic hydroxyl groups excluding tert-OH is 29. The van der Waals surface area contributed by atoms with Crippen molar-refractivity contribution in [3.63, 3.8) is 0 Å². The number of ether oxygens (including phenoxy) is 1. The summed E-state index contributed by atoms with van der Waals surface area (Å²) in [5, 5.41) is 321. The molecule has 0 saturated carbocycles. The molecule has 0 aliphatic rings. The van der Waals surface area contributed by atoms with E-state index in [-0.39, 0.29) is 0 Å². The summed E-state index contributed by atoms with van der Waals surface area (Å²) in [6.07, 6.45) is -51.6. The van der Waals surface area contributed by atoms with E-state index in [0.29, 0.717) is 0 Å². The van der Waals surface area contributed by atoms with E-state index in [1.165, 1.54) is 0 Å². The fraction of sp³-hybridized carbons (Fsp3) is 0.979. The van der Waals surface area contributed by atoms with Gasteiger partial charge in [-0.15, -0.1) is 0 Å². The van der Waals surface area contributed by atoms with Crippen LogP contribution >= 0.6 is 0 Å². The average molecular weight is 1190 g/mol. The second-order valence-electron chi connectivity index (χ2n) is 21.1. The van der Waals surface area contributed by atoms with Gasteiger partial charge in [-0.25, -0.2) is 4.79 Å². The van der Waals surface area contributed by atoms with E-state index in [9.17, 15) is 153 Å². The lowest BCUT2D eigenvalue weighted by atomic mass is 9.57. The summed E-state index contributed by atoms with van der Waals surface area (Å²) in [5.74, 6) is -13.6. The Bertz CT molecular complexity index is 1580. The lowest BCUT2D eigenvalue weighted by Crippen LogP contribution is -2.63. The topological polar surface area (TPSA) is 633 Å². The first kappa shape index (κ1) is 78.3. The standard InChI is InChI=1S/C48H96O32/c49-10-21(59)1-31(32(2-22(60)11-50)34(4-24(62)13-52)36(6-26(64)15-54)38(69)8-28(66)17-56)33(3-23(61)12-51)35(5-25(63)14-53)37(7-27(65)16-55)39(70)40(71)41(72)42(73)43(74)44(75)45(76)46(77)48(79,9-29(67)18-57)47(78)80-20-30(68)19-58/h21-46,49-77,79H,1-20H2. The largest absolute Gasteiger partial charge is 0.461 e. The molecule has 80 heavy (non-hydrogen) atoms. The molecule has 32 heteroatoms. The Labute approximate surface area is 461 Å². The molecule has 27 atom stereocenters. The van der Waals surface area contributed by atoms with E-state index in [1.807, 2.05) is 0 Å². The van der Waals surface area contributed by atoms with Crippen LogP contribution in [0, 0.1) is 41.4 Å². The highest BCUT2D eigenvalue weighted by molar-refractivity contribution is 5.80. The SMILES string of the molecule is O=C(OCC(O)CO)C(O)(CC(O)CO)C(O)C(O)C(O)C(O)C(O)C(O)C(O)C(O)C(CC(O)CO)C(CC(O)CO)C(CC(O)CO)C(CC(O)CO)C(CC(O)CO)C(CC(O)CO)C(CC(O)CO)C(O)CC(O)CO. The summed E-state index contributed by atoms with van der Waals surface area (Å²) < 4.78 is 4.62. The molecule has 27 unspecified atom stereocenters. The predicted molar refractivity (Wildman–Crippen MR) is 267 cm³/mol. The number of hydrogen-bond donors (Lipinski definition) is 30. The highest BCUT2D eigenvalue weighted by Crippen LogP contribution is 2.50. The van der Waals surface area contributed by atoms with Crippen molar-refractivity contribution in [2.75, 3.05) is 72.7 Å². The van der Waals surface area contributed by atoms with Gasteiger partial charge in [-0.3, -0.25) is 0 Å². The van der Waals surface area contributed by atoms with E-state index >= 15 is 0 Å². The molecular formula is C48H96O32. The van der Waals surface area contributed by atoms with Gasteiger partial charge in [0, 0.05) is 12.8 Å². The Morgan fingerprint density at radius 3 is 0.838 bits per heavy atom. The fourth-order valence-electron chi connectivity index (χ4n) is 10.6. The molecule has 0 amide bonds. The van der Waals surface area contributed by atoms with E-state index in [0.717, 1.165) is 0 Å². The molecule has 0 spiro atoms. The summed E-state index contributed by atoms with van der Waals surface area (Å²) >= 11 is 0. The van der Waals surface area contributed by atoms with E-state index < -0.39 is 299 Å². The molecule has 32 nitrogen and oxygen atoms in total. The molecule has 0 heterocycles. The molecule has 0 aromatic carbocycles. The van der Waals surface area contributed by atoms with Gasteiger partial charge in [0.25, 0.3) is 0 Å². The van der Waals surface area contributed by atoms with Crippen LogP contribution in [0.2, 0.25) is 0 Å². The van der Waals surface area contributed by atoms with Crippen LogP contribution in [0.25, 0.3) is 0 Å². The number of rotatable bonds is 47. The molecule has 0 aromatic heterocycles. The van der Waals surface area contributed by atoms with Gasteiger partial charge in [-0.05, 0) is 86.4 Å². The molecule has 0 rings (SSSR count). The molecule has 480 valence electrons. The van der Waals surface area contributed by atoms with Crippen molar-refractivity contribution >= 4 is 5.97 Å². The van der Waals surface area contributed by atoms with Crippen molar-refractivity contribution in [3.05, 3.63) is 0 Å². The van der Waals surface area contributed by atoms with E-state index in [4.69, 9.17) is 5.11 Å². The maximum absolute atomic E-state index is 12.9. The van der Waals surface area contributed by atoms with Crippen LogP contribution in [0.4, 0.5) is 0 Å². The van der Waals surface area contributed by atoms with Crippen molar-refractivity contribution in [2.45, 2.75) is 179 Å². The summed E-state index contributed by atoms with van der Waals surface area (Å²) in [6, 6.07) is 0. The fourth-order valence-corrected chi connectivity index (χ4v) is 10.6. The minimum Gasteiger partial charge on any atom is -0.461 e. The Hall–Kier alpha value is -1.73. The third-order valence-corrected chi connectivity index (χ3v) is 14.9. The van der Waals surface area contributed by atoms with Crippen LogP contribution in [0.15, 0.2) is 0 Å². The lowest BCUT2D eigenvalue weighted by Gasteiger charge is -2.49. The van der Waals surface area contributed by atoms with Gasteiger partial charge >= 0.3 is 5.97 Å². The molecule has 0 radical (unpaired) electrons. The van der Waals surface area contributed by atoms with Crippen LogP contribution in [0.5, 0.6) is 0 Å². The average Bonchev–Trinajstić information content (AvgIpc) is 3.45. The minimum atomic E-state index is -3.55. The van der Waals surface area contributed by atoms with Gasteiger partial charge in [0.15, 0.2) is 5.60 Å². The van der Waals surface area contributed by atoms with Crippen LogP contribution in [0.1, 0.15) is 57.8 Å². The van der Waals surface area contributed by atoms with Gasteiger partial charge in [0.1, 0.15) is 55.4 Å².